The summed E-state index contributed by atoms with van der Waals surface area (Å²) in [4.78, 5) is 29.8. The zero-order chi connectivity index (χ0) is 17.7. The molecule has 5 rings (SSSR count). The summed E-state index contributed by atoms with van der Waals surface area (Å²) >= 11 is 0. The van der Waals surface area contributed by atoms with E-state index >= 15 is 0 Å². The van der Waals surface area contributed by atoms with Crippen LogP contribution in [0.15, 0.2) is 41.5 Å². The van der Waals surface area contributed by atoms with Crippen molar-refractivity contribution in [2.75, 3.05) is 0 Å². The molecule has 1 saturated heterocycles. The molecule has 0 N–H and O–H groups in total. The molecule has 4 nitrogen and oxygen atoms in total. The first-order valence-corrected chi connectivity index (χ1v) is 10.1. The monoisotopic (exact) mass is 350 g/mol. The summed E-state index contributed by atoms with van der Waals surface area (Å²) in [6.45, 7) is 0.540. The summed E-state index contributed by atoms with van der Waals surface area (Å²) in [6.07, 6.45) is 9.23. The Hall–Kier alpha value is -2.10. The number of hydrogen-bond acceptors (Lipinski definition) is 2. The van der Waals surface area contributed by atoms with Gasteiger partial charge in [0.15, 0.2) is 0 Å². The van der Waals surface area contributed by atoms with Gasteiger partial charge in [-0.15, -0.1) is 0 Å². The molecule has 2 heterocycles. The van der Waals surface area contributed by atoms with Crippen LogP contribution in [0.5, 0.6) is 0 Å². The Morgan fingerprint density at radius 2 is 1.58 bits per heavy atom. The van der Waals surface area contributed by atoms with Gasteiger partial charge < -0.3 is 9.80 Å². The third kappa shape index (κ3) is 2.34. The molecule has 2 aliphatic heterocycles. The summed E-state index contributed by atoms with van der Waals surface area (Å²) in [5, 5.41) is 0. The lowest BCUT2D eigenvalue weighted by molar-refractivity contribution is -0.144. The number of benzene rings is 1. The standard InChI is InChI=1S/C22H26N2O2/c25-21-22(26)24-19-13-7-6-11-17(19)16-10-4-5-12-18(16)20(24)23(21)14-15-8-2-1-3-9-15/h1-3,8-9,18-20H,4-7,10-14H2. The van der Waals surface area contributed by atoms with Gasteiger partial charge in [0.05, 0.1) is 6.04 Å². The van der Waals surface area contributed by atoms with Crippen molar-refractivity contribution in [1.29, 1.82) is 0 Å². The van der Waals surface area contributed by atoms with Crippen LogP contribution in [0, 0.1) is 5.92 Å². The summed E-state index contributed by atoms with van der Waals surface area (Å²) in [7, 11) is 0. The Labute approximate surface area is 154 Å². The van der Waals surface area contributed by atoms with Gasteiger partial charge in [-0.05, 0) is 49.7 Å². The van der Waals surface area contributed by atoms with Gasteiger partial charge in [-0.1, -0.05) is 48.7 Å². The number of nitrogens with zero attached hydrogens (tertiary/aromatic N) is 2. The minimum Gasteiger partial charge on any atom is -0.309 e. The Kier molecular flexibility index (Phi) is 3.87. The molecule has 26 heavy (non-hydrogen) atoms. The van der Waals surface area contributed by atoms with Crippen LogP contribution in [0.1, 0.15) is 56.9 Å². The van der Waals surface area contributed by atoms with Gasteiger partial charge in [-0.3, -0.25) is 9.59 Å². The van der Waals surface area contributed by atoms with E-state index in [0.717, 1.165) is 31.2 Å². The van der Waals surface area contributed by atoms with E-state index in [1.165, 1.54) is 31.3 Å². The molecular formula is C22H26N2O2. The van der Waals surface area contributed by atoms with Crippen LogP contribution >= 0.6 is 0 Å². The Morgan fingerprint density at radius 1 is 0.846 bits per heavy atom. The number of carbonyl (C=O) groups is 2. The molecule has 2 aliphatic carbocycles. The van der Waals surface area contributed by atoms with E-state index in [0.29, 0.717) is 12.5 Å². The Balaban J connectivity index is 1.57. The average Bonchev–Trinajstić information content (AvgIpc) is 2.94. The maximum Gasteiger partial charge on any atom is 0.314 e. The van der Waals surface area contributed by atoms with Crippen molar-refractivity contribution < 1.29 is 9.59 Å². The highest BCUT2D eigenvalue weighted by atomic mass is 16.2. The summed E-state index contributed by atoms with van der Waals surface area (Å²) < 4.78 is 0. The molecule has 4 aliphatic rings. The predicted molar refractivity (Wildman–Crippen MR) is 98.9 cm³/mol. The van der Waals surface area contributed by atoms with Crippen LogP contribution in [-0.2, 0) is 16.1 Å². The first-order valence-electron chi connectivity index (χ1n) is 10.1. The lowest BCUT2D eigenvalue weighted by Crippen LogP contribution is -2.55. The quantitative estimate of drug-likeness (QED) is 0.604. The Bertz CT molecular complexity index is 770. The van der Waals surface area contributed by atoms with Gasteiger partial charge in [-0.25, -0.2) is 0 Å². The maximum absolute atomic E-state index is 13.0. The number of carbonyl (C=O) groups excluding carboxylic acids is 2. The fourth-order valence-electron chi connectivity index (χ4n) is 5.75. The number of amides is 2. The molecule has 1 aromatic carbocycles. The molecule has 2 saturated carbocycles. The molecular weight excluding hydrogens is 324 g/mol. The highest BCUT2D eigenvalue weighted by Gasteiger charge is 2.55. The predicted octanol–water partition coefficient (Wildman–Crippen LogP) is 3.63. The fourth-order valence-corrected chi connectivity index (χ4v) is 5.75. The zero-order valence-corrected chi connectivity index (χ0v) is 15.2. The van der Waals surface area contributed by atoms with E-state index in [1.54, 1.807) is 5.57 Å². The lowest BCUT2D eigenvalue weighted by atomic mass is 9.71. The van der Waals surface area contributed by atoms with Gasteiger partial charge >= 0.3 is 11.8 Å². The van der Waals surface area contributed by atoms with Crippen LogP contribution in [0.4, 0.5) is 0 Å². The van der Waals surface area contributed by atoms with Gasteiger partial charge in [0, 0.05) is 12.5 Å². The largest absolute Gasteiger partial charge is 0.314 e. The molecule has 0 bridgehead atoms. The van der Waals surface area contributed by atoms with Crippen molar-refractivity contribution in [3.8, 4) is 0 Å². The number of fused-ring (bicyclic) bond motifs is 5. The zero-order valence-electron chi connectivity index (χ0n) is 15.2. The minimum absolute atomic E-state index is 0.0580. The third-order valence-corrected chi connectivity index (χ3v) is 6.82. The van der Waals surface area contributed by atoms with E-state index in [9.17, 15) is 9.59 Å². The molecule has 3 atom stereocenters. The van der Waals surface area contributed by atoms with Crippen molar-refractivity contribution in [3.05, 3.63) is 47.0 Å². The highest BCUT2D eigenvalue weighted by molar-refractivity contribution is 6.37. The average molecular weight is 350 g/mol. The highest BCUT2D eigenvalue weighted by Crippen LogP contribution is 2.49. The van der Waals surface area contributed by atoms with E-state index in [-0.39, 0.29) is 24.0 Å². The summed E-state index contributed by atoms with van der Waals surface area (Å²) in [6, 6.07) is 10.3. The number of rotatable bonds is 2. The van der Waals surface area contributed by atoms with Crippen LogP contribution < -0.4 is 0 Å². The first kappa shape index (κ1) is 16.1. The SMILES string of the molecule is O=C1C(=O)N2C3CCCCC3=C3CCCCC3C2N1Cc1ccccc1. The van der Waals surface area contributed by atoms with Crippen molar-refractivity contribution >= 4 is 11.8 Å². The van der Waals surface area contributed by atoms with Crippen molar-refractivity contribution in [3.63, 3.8) is 0 Å². The lowest BCUT2D eigenvalue weighted by Gasteiger charge is -2.49. The second-order valence-electron chi connectivity index (χ2n) is 8.21. The molecule has 4 heteroatoms. The van der Waals surface area contributed by atoms with Gasteiger partial charge in [0.1, 0.15) is 6.17 Å². The summed E-state index contributed by atoms with van der Waals surface area (Å²) in [5.41, 5.74) is 4.22. The number of hydrogen-bond donors (Lipinski definition) is 0. The molecule has 3 fully saturated rings. The van der Waals surface area contributed by atoms with E-state index in [1.807, 2.05) is 40.1 Å². The molecule has 0 aromatic heterocycles. The summed E-state index contributed by atoms with van der Waals surface area (Å²) in [5.74, 6) is -0.206. The van der Waals surface area contributed by atoms with Crippen LogP contribution in [0.3, 0.4) is 0 Å². The molecule has 0 radical (unpaired) electrons. The first-order chi connectivity index (χ1) is 12.8. The normalized spacial score (nSPS) is 31.0. The molecule has 3 unspecified atom stereocenters. The van der Waals surface area contributed by atoms with Gasteiger partial charge in [0.2, 0.25) is 0 Å². The van der Waals surface area contributed by atoms with E-state index < -0.39 is 0 Å². The van der Waals surface area contributed by atoms with Crippen molar-refractivity contribution in [2.45, 2.75) is 70.1 Å². The topological polar surface area (TPSA) is 40.6 Å². The maximum atomic E-state index is 13.0. The second kappa shape index (κ2) is 6.26. The van der Waals surface area contributed by atoms with Crippen LogP contribution in [0.25, 0.3) is 0 Å². The fraction of sp³-hybridized carbons (Fsp3) is 0.545. The van der Waals surface area contributed by atoms with Crippen molar-refractivity contribution in [2.24, 2.45) is 5.92 Å². The van der Waals surface area contributed by atoms with E-state index in [2.05, 4.69) is 0 Å². The third-order valence-electron chi connectivity index (χ3n) is 6.82. The molecule has 1 aromatic rings. The minimum atomic E-state index is -0.296. The molecule has 2 amide bonds. The van der Waals surface area contributed by atoms with E-state index in [4.69, 9.17) is 0 Å². The van der Waals surface area contributed by atoms with Crippen LogP contribution in [0.2, 0.25) is 0 Å². The van der Waals surface area contributed by atoms with Gasteiger partial charge in [0.25, 0.3) is 0 Å². The molecule has 136 valence electrons. The van der Waals surface area contributed by atoms with Gasteiger partial charge in [-0.2, -0.15) is 0 Å². The molecule has 0 spiro atoms. The smallest absolute Gasteiger partial charge is 0.309 e. The van der Waals surface area contributed by atoms with Crippen LogP contribution in [-0.4, -0.2) is 33.8 Å². The second-order valence-corrected chi connectivity index (χ2v) is 8.21. The Morgan fingerprint density at radius 3 is 2.38 bits per heavy atom. The van der Waals surface area contributed by atoms with Crippen molar-refractivity contribution in [1.82, 2.24) is 9.80 Å².